The molecule has 6 heavy (non-hydrogen) atoms. The largest absolute Gasteiger partial charge is 0.370 e. The lowest BCUT2D eigenvalue weighted by Crippen LogP contribution is -2.08. The minimum absolute atomic E-state index is 0.295. The normalized spacial score (nSPS) is 10.3. The minimum atomic E-state index is -0.313. The van der Waals surface area contributed by atoms with Gasteiger partial charge in [-0.3, -0.25) is 4.79 Å². The van der Waals surface area contributed by atoms with Crippen LogP contribution in [0, 0.1) is 0 Å². The molecule has 0 aromatic carbocycles. The van der Waals surface area contributed by atoms with Gasteiger partial charge in [-0.2, -0.15) is 0 Å². The van der Waals surface area contributed by atoms with Gasteiger partial charge in [-0.25, -0.2) is 0 Å². The van der Waals surface area contributed by atoms with E-state index in [4.69, 9.17) is 7.10 Å². The molecule has 0 aromatic heterocycles. The van der Waals surface area contributed by atoms with Crippen LogP contribution in [0.15, 0.2) is 0 Å². The van der Waals surface area contributed by atoms with Crippen LogP contribution >= 0.6 is 0 Å². The zero-order valence-corrected chi connectivity index (χ0v) is 3.61. The van der Waals surface area contributed by atoms with E-state index in [0.29, 0.717) is 19.7 Å². The van der Waals surface area contributed by atoms with Gasteiger partial charge in [-0.15, -0.1) is 0 Å². The van der Waals surface area contributed by atoms with Crippen molar-refractivity contribution in [3.05, 3.63) is 0 Å². The fourth-order valence-electron chi connectivity index (χ4n) is 0.174. The van der Waals surface area contributed by atoms with Crippen LogP contribution < -0.4 is 5.73 Å². The Morgan fingerprint density at radius 1 is 2.17 bits per heavy atom. The molecule has 0 aliphatic heterocycles. The zero-order chi connectivity index (χ0) is 5.70. The van der Waals surface area contributed by atoms with Gasteiger partial charge in [-0.1, -0.05) is 6.90 Å². The first-order valence-electron chi connectivity index (χ1n) is 2.55. The molecule has 0 rings (SSSR count). The second-order valence-electron chi connectivity index (χ2n) is 1.07. The molecule has 0 aromatic rings. The highest BCUT2D eigenvalue weighted by molar-refractivity contribution is 5.73. The molecule has 0 unspecified atom stereocenters. The number of hydrogen-bond acceptors (Lipinski definition) is 1. The first-order valence-corrected chi connectivity index (χ1v) is 1.85. The predicted molar refractivity (Wildman–Crippen MR) is 24.1 cm³/mol. The second-order valence-corrected chi connectivity index (χ2v) is 1.07. The molecule has 0 spiro atoms. The Bertz CT molecular complexity index is 64.7. The smallest absolute Gasteiger partial charge is 0.217 e. The molecule has 0 aliphatic rings. The molecule has 0 saturated carbocycles. The molecule has 0 aliphatic carbocycles. The SMILES string of the molecule is [2H]CCCC(N)=O. The van der Waals surface area contributed by atoms with E-state index in [1.165, 1.54) is 0 Å². The van der Waals surface area contributed by atoms with Gasteiger partial charge >= 0.3 is 0 Å². The van der Waals surface area contributed by atoms with Crippen molar-refractivity contribution < 1.29 is 6.17 Å². The molecular formula is C4H9NO. The van der Waals surface area contributed by atoms with Crippen LogP contribution in [0.5, 0.6) is 0 Å². The standard InChI is InChI=1S/C4H9NO/c1-2-3-4(5)6/h2-3H2,1H3,(H2,5,6)/i1D. The van der Waals surface area contributed by atoms with Crippen molar-refractivity contribution in [1.29, 1.82) is 0 Å². The van der Waals surface area contributed by atoms with Gasteiger partial charge in [0, 0.05) is 7.79 Å². The minimum Gasteiger partial charge on any atom is -0.370 e. The molecular weight excluding hydrogens is 78.0 g/mol. The topological polar surface area (TPSA) is 43.1 Å². The first-order chi connectivity index (χ1) is 3.27. The third kappa shape index (κ3) is 3.47. The molecule has 0 heterocycles. The number of amides is 1. The summed E-state index contributed by atoms with van der Waals surface area (Å²) in [6, 6.07) is 0. The fourth-order valence-corrected chi connectivity index (χ4v) is 0.174. The average Bonchev–Trinajstić information content (AvgIpc) is 1.61. The Morgan fingerprint density at radius 2 is 2.83 bits per heavy atom. The maximum Gasteiger partial charge on any atom is 0.217 e. The summed E-state index contributed by atoms with van der Waals surface area (Å²) < 4.78 is 6.59. The van der Waals surface area contributed by atoms with Crippen LogP contribution in [0.4, 0.5) is 0 Å². The Balaban J connectivity index is 2.82. The molecule has 0 bridgehead atoms. The highest BCUT2D eigenvalue weighted by Crippen LogP contribution is 1.79. The van der Waals surface area contributed by atoms with Gasteiger partial charge in [0.15, 0.2) is 0 Å². The summed E-state index contributed by atoms with van der Waals surface area (Å²) in [5.41, 5.74) is 4.76. The summed E-state index contributed by atoms with van der Waals surface area (Å²) in [6.07, 6.45) is 0.943. The maximum atomic E-state index is 9.90. The lowest BCUT2D eigenvalue weighted by molar-refractivity contribution is -0.118. The van der Waals surface area contributed by atoms with E-state index < -0.39 is 0 Å². The van der Waals surface area contributed by atoms with E-state index >= 15 is 0 Å². The van der Waals surface area contributed by atoms with Gasteiger partial charge in [0.05, 0.1) is 0 Å². The van der Waals surface area contributed by atoms with Crippen LogP contribution in [0.3, 0.4) is 0 Å². The van der Waals surface area contributed by atoms with Gasteiger partial charge in [0.25, 0.3) is 0 Å². The Kier molecular flexibility index (Phi) is 1.64. The van der Waals surface area contributed by atoms with Gasteiger partial charge in [-0.05, 0) is 6.42 Å². The summed E-state index contributed by atoms with van der Waals surface area (Å²) >= 11 is 0. The van der Waals surface area contributed by atoms with Crippen molar-refractivity contribution >= 4 is 5.91 Å². The molecule has 36 valence electrons. The number of primary amides is 1. The fraction of sp³-hybridized carbons (Fsp3) is 0.750. The van der Waals surface area contributed by atoms with Gasteiger partial charge in [0.1, 0.15) is 0 Å². The van der Waals surface area contributed by atoms with E-state index in [1.807, 2.05) is 0 Å². The quantitative estimate of drug-likeness (QED) is 0.517. The Hall–Kier alpha value is -0.530. The lowest BCUT2D eigenvalue weighted by atomic mass is 10.3. The Labute approximate surface area is 38.7 Å². The number of carbonyl (C=O) groups is 1. The van der Waals surface area contributed by atoms with Crippen molar-refractivity contribution in [1.82, 2.24) is 0 Å². The summed E-state index contributed by atoms with van der Waals surface area (Å²) in [5.74, 6) is -0.313. The molecule has 2 N–H and O–H groups in total. The van der Waals surface area contributed by atoms with Crippen LogP contribution in [0.1, 0.15) is 21.1 Å². The van der Waals surface area contributed by atoms with Crippen LogP contribution in [0.25, 0.3) is 0 Å². The third-order valence-corrected chi connectivity index (χ3v) is 0.423. The molecule has 0 fully saturated rings. The molecule has 2 nitrogen and oxygen atoms in total. The first kappa shape index (κ1) is 3.65. The Morgan fingerprint density at radius 3 is 3.00 bits per heavy atom. The maximum absolute atomic E-state index is 9.90. The van der Waals surface area contributed by atoms with E-state index in [2.05, 4.69) is 0 Å². The third-order valence-electron chi connectivity index (χ3n) is 0.423. The van der Waals surface area contributed by atoms with Crippen LogP contribution in [-0.4, -0.2) is 5.91 Å². The number of carbonyl (C=O) groups excluding carboxylic acids is 1. The lowest BCUT2D eigenvalue weighted by Gasteiger charge is -1.81. The van der Waals surface area contributed by atoms with Crippen molar-refractivity contribution in [2.24, 2.45) is 5.73 Å². The van der Waals surface area contributed by atoms with E-state index in [-0.39, 0.29) is 5.91 Å². The van der Waals surface area contributed by atoms with Crippen molar-refractivity contribution in [3.8, 4) is 0 Å². The van der Waals surface area contributed by atoms with Crippen molar-refractivity contribution in [3.63, 3.8) is 0 Å². The van der Waals surface area contributed by atoms with E-state index in [1.54, 1.807) is 0 Å². The zero-order valence-electron chi connectivity index (χ0n) is 4.61. The summed E-state index contributed by atoms with van der Waals surface area (Å²) in [6.45, 7) is 0.295. The second kappa shape index (κ2) is 2.69. The van der Waals surface area contributed by atoms with Crippen LogP contribution in [0.2, 0.25) is 0 Å². The summed E-state index contributed by atoms with van der Waals surface area (Å²) in [5, 5.41) is 0. The predicted octanol–water partition coefficient (Wildman–Crippen LogP) is 0.272. The van der Waals surface area contributed by atoms with E-state index in [0.717, 1.165) is 0 Å². The molecule has 0 radical (unpaired) electrons. The van der Waals surface area contributed by atoms with Gasteiger partial charge < -0.3 is 5.73 Å². The number of rotatable bonds is 2. The summed E-state index contributed by atoms with van der Waals surface area (Å²) in [4.78, 5) is 9.90. The molecule has 0 saturated heterocycles. The molecule has 1 amide bonds. The monoisotopic (exact) mass is 88.1 g/mol. The van der Waals surface area contributed by atoms with Crippen LogP contribution in [-0.2, 0) is 4.79 Å². The highest BCUT2D eigenvalue weighted by Gasteiger charge is 1.84. The number of nitrogens with two attached hydrogens (primary N) is 1. The summed E-state index contributed by atoms with van der Waals surface area (Å²) in [7, 11) is 0. The molecule has 0 atom stereocenters. The highest BCUT2D eigenvalue weighted by atomic mass is 16.1. The van der Waals surface area contributed by atoms with Crippen molar-refractivity contribution in [2.75, 3.05) is 0 Å². The van der Waals surface area contributed by atoms with E-state index in [9.17, 15) is 4.79 Å². The van der Waals surface area contributed by atoms with Crippen molar-refractivity contribution in [2.45, 2.75) is 19.7 Å². The average molecular weight is 88.1 g/mol. The van der Waals surface area contributed by atoms with Gasteiger partial charge in [0.2, 0.25) is 5.91 Å². The number of hydrogen-bond donors (Lipinski definition) is 1. The molecule has 2 heteroatoms.